The molecule has 7 aromatic carbocycles. The Labute approximate surface area is 234 Å². The highest BCUT2D eigenvalue weighted by molar-refractivity contribution is 6.23. The molecule has 0 amide bonds. The van der Waals surface area contributed by atoms with Gasteiger partial charge in [0.2, 0.25) is 0 Å². The van der Waals surface area contributed by atoms with E-state index >= 15 is 0 Å². The molecule has 188 valence electrons. The Morgan fingerprint density at radius 1 is 0.475 bits per heavy atom. The lowest BCUT2D eigenvalue weighted by Crippen LogP contribution is -1.99. The van der Waals surface area contributed by atoms with E-state index in [1.165, 1.54) is 76.8 Å². The minimum absolute atomic E-state index is 0.326. The van der Waals surface area contributed by atoms with E-state index in [1.54, 1.807) is 0 Å². The van der Waals surface area contributed by atoms with Crippen LogP contribution in [0.1, 0.15) is 29.5 Å². The third-order valence-electron chi connectivity index (χ3n) is 8.65. The molecule has 1 unspecified atom stereocenters. The third kappa shape index (κ3) is 3.46. The molecule has 1 aliphatic carbocycles. The van der Waals surface area contributed by atoms with Crippen molar-refractivity contribution in [2.75, 3.05) is 0 Å². The molecule has 0 nitrogen and oxygen atoms in total. The largest absolute Gasteiger partial charge is 0.0622 e. The standard InChI is InChI=1S/C40H28/c1-26-24-30-25-29(22-23-32(30)38(26)28-13-3-2-4-14-28)39-34-17-7-9-19-36(34)40(37-20-10-8-18-35(37)39)33-21-11-15-27-12-5-6-16-31(27)33/h2-25,38H,1H3. The first-order valence-electron chi connectivity index (χ1n) is 14.1. The van der Waals surface area contributed by atoms with Gasteiger partial charge in [-0.2, -0.15) is 0 Å². The van der Waals surface area contributed by atoms with Crippen LogP contribution in [0.25, 0.3) is 60.6 Å². The molecule has 0 fully saturated rings. The molecule has 8 rings (SSSR count). The van der Waals surface area contributed by atoms with Crippen LogP contribution in [0.15, 0.2) is 145 Å². The Hall–Kier alpha value is -4.94. The second kappa shape index (κ2) is 9.07. The van der Waals surface area contributed by atoms with Crippen molar-refractivity contribution in [2.45, 2.75) is 12.8 Å². The highest BCUT2D eigenvalue weighted by Gasteiger charge is 2.25. The fraction of sp³-hybridized carbons (Fsp3) is 0.0500. The molecule has 40 heavy (non-hydrogen) atoms. The zero-order chi connectivity index (χ0) is 26.6. The van der Waals surface area contributed by atoms with E-state index < -0.39 is 0 Å². The second-order valence-corrected chi connectivity index (χ2v) is 10.9. The van der Waals surface area contributed by atoms with Crippen LogP contribution < -0.4 is 0 Å². The summed E-state index contributed by atoms with van der Waals surface area (Å²) in [5.74, 6) is 0.326. The van der Waals surface area contributed by atoms with Crippen LogP contribution in [-0.2, 0) is 0 Å². The van der Waals surface area contributed by atoms with E-state index in [0.29, 0.717) is 5.92 Å². The van der Waals surface area contributed by atoms with Gasteiger partial charge in [0.25, 0.3) is 0 Å². The molecule has 0 heterocycles. The maximum absolute atomic E-state index is 2.41. The van der Waals surface area contributed by atoms with Crippen LogP contribution in [0.5, 0.6) is 0 Å². The quantitative estimate of drug-likeness (QED) is 0.208. The molecule has 0 aromatic heterocycles. The highest BCUT2D eigenvalue weighted by atomic mass is 14.3. The van der Waals surface area contributed by atoms with Crippen LogP contribution in [0.2, 0.25) is 0 Å². The Morgan fingerprint density at radius 3 is 1.75 bits per heavy atom. The Kier molecular flexibility index (Phi) is 5.21. The maximum Gasteiger partial charge on any atom is 0.0305 e. The van der Waals surface area contributed by atoms with Crippen molar-refractivity contribution in [3.05, 3.63) is 162 Å². The van der Waals surface area contributed by atoms with Crippen LogP contribution in [0.3, 0.4) is 0 Å². The summed E-state index contributed by atoms with van der Waals surface area (Å²) in [4.78, 5) is 0. The Morgan fingerprint density at radius 2 is 1.05 bits per heavy atom. The van der Waals surface area contributed by atoms with Gasteiger partial charge in [-0.1, -0.05) is 145 Å². The molecule has 0 saturated carbocycles. The van der Waals surface area contributed by atoms with E-state index in [2.05, 4.69) is 153 Å². The lowest BCUT2D eigenvalue weighted by atomic mass is 9.83. The number of rotatable bonds is 3. The van der Waals surface area contributed by atoms with Crippen molar-refractivity contribution in [2.24, 2.45) is 0 Å². The molecule has 0 spiro atoms. The number of fused-ring (bicyclic) bond motifs is 4. The van der Waals surface area contributed by atoms with Crippen molar-refractivity contribution in [1.82, 2.24) is 0 Å². The topological polar surface area (TPSA) is 0 Å². The van der Waals surface area contributed by atoms with Crippen LogP contribution in [-0.4, -0.2) is 0 Å². The summed E-state index contributed by atoms with van der Waals surface area (Å²) in [6, 6.07) is 51.3. The monoisotopic (exact) mass is 508 g/mol. The third-order valence-corrected chi connectivity index (χ3v) is 8.65. The Balaban J connectivity index is 1.41. The molecule has 0 saturated heterocycles. The van der Waals surface area contributed by atoms with Crippen LogP contribution >= 0.6 is 0 Å². The molecule has 0 aliphatic heterocycles. The van der Waals surface area contributed by atoms with Crippen molar-refractivity contribution in [1.29, 1.82) is 0 Å². The molecule has 0 N–H and O–H groups in total. The van der Waals surface area contributed by atoms with Gasteiger partial charge in [0, 0.05) is 5.92 Å². The molecule has 0 bridgehead atoms. The average Bonchev–Trinajstić information content (AvgIpc) is 3.34. The molecule has 0 radical (unpaired) electrons. The normalized spacial score (nSPS) is 14.5. The summed E-state index contributed by atoms with van der Waals surface area (Å²) in [6.45, 7) is 2.26. The van der Waals surface area contributed by atoms with Crippen molar-refractivity contribution >= 4 is 38.4 Å². The van der Waals surface area contributed by atoms with Crippen molar-refractivity contribution in [3.8, 4) is 22.3 Å². The predicted molar refractivity (Wildman–Crippen MR) is 172 cm³/mol. The van der Waals surface area contributed by atoms with Crippen LogP contribution in [0.4, 0.5) is 0 Å². The molecular formula is C40H28. The number of benzene rings is 7. The van der Waals surface area contributed by atoms with Crippen LogP contribution in [0, 0.1) is 0 Å². The van der Waals surface area contributed by atoms with Gasteiger partial charge in [0.15, 0.2) is 0 Å². The molecule has 0 heteroatoms. The van der Waals surface area contributed by atoms with Gasteiger partial charge in [-0.25, -0.2) is 0 Å². The number of allylic oxidation sites excluding steroid dienone is 1. The first-order valence-corrected chi connectivity index (χ1v) is 14.1. The molecule has 7 aromatic rings. The summed E-state index contributed by atoms with van der Waals surface area (Å²) in [6.07, 6.45) is 2.38. The lowest BCUT2D eigenvalue weighted by Gasteiger charge is -2.20. The fourth-order valence-electron chi connectivity index (χ4n) is 6.95. The fourth-order valence-corrected chi connectivity index (χ4v) is 6.95. The summed E-state index contributed by atoms with van der Waals surface area (Å²) in [7, 11) is 0. The van der Waals surface area contributed by atoms with Crippen molar-refractivity contribution < 1.29 is 0 Å². The van der Waals surface area contributed by atoms with Gasteiger partial charge in [-0.3, -0.25) is 0 Å². The van der Waals surface area contributed by atoms with Gasteiger partial charge >= 0.3 is 0 Å². The molecular weight excluding hydrogens is 480 g/mol. The lowest BCUT2D eigenvalue weighted by molar-refractivity contribution is 0.977. The minimum Gasteiger partial charge on any atom is -0.0622 e. The minimum atomic E-state index is 0.326. The Bertz CT molecular complexity index is 2050. The van der Waals surface area contributed by atoms with Gasteiger partial charge in [0.1, 0.15) is 0 Å². The van der Waals surface area contributed by atoms with E-state index in [1.807, 2.05) is 0 Å². The summed E-state index contributed by atoms with van der Waals surface area (Å²) in [5.41, 5.74) is 10.7. The first kappa shape index (κ1) is 23.0. The average molecular weight is 509 g/mol. The van der Waals surface area contributed by atoms with Gasteiger partial charge < -0.3 is 0 Å². The second-order valence-electron chi connectivity index (χ2n) is 10.9. The molecule has 1 atom stereocenters. The van der Waals surface area contributed by atoms with E-state index in [4.69, 9.17) is 0 Å². The predicted octanol–water partition coefficient (Wildman–Crippen LogP) is 11.0. The summed E-state index contributed by atoms with van der Waals surface area (Å²) < 4.78 is 0. The zero-order valence-corrected chi connectivity index (χ0v) is 22.4. The smallest absolute Gasteiger partial charge is 0.0305 e. The SMILES string of the molecule is CC1=Cc2cc(-c3c4ccccc4c(-c4cccc5ccccc45)c4ccccc34)ccc2C1c1ccccc1. The van der Waals surface area contributed by atoms with Gasteiger partial charge in [0.05, 0.1) is 0 Å². The summed E-state index contributed by atoms with van der Waals surface area (Å²) >= 11 is 0. The van der Waals surface area contributed by atoms with E-state index in [9.17, 15) is 0 Å². The van der Waals surface area contributed by atoms with Gasteiger partial charge in [-0.05, 0) is 84.3 Å². The van der Waals surface area contributed by atoms with Gasteiger partial charge in [-0.15, -0.1) is 0 Å². The van der Waals surface area contributed by atoms with E-state index in [-0.39, 0.29) is 0 Å². The first-order chi connectivity index (χ1) is 19.8. The number of hydrogen-bond donors (Lipinski definition) is 0. The number of hydrogen-bond acceptors (Lipinski definition) is 0. The highest BCUT2D eigenvalue weighted by Crippen LogP contribution is 2.47. The zero-order valence-electron chi connectivity index (χ0n) is 22.4. The summed E-state index contributed by atoms with van der Waals surface area (Å²) in [5, 5.41) is 7.73. The molecule has 1 aliphatic rings. The van der Waals surface area contributed by atoms with Crippen molar-refractivity contribution in [3.63, 3.8) is 0 Å². The van der Waals surface area contributed by atoms with E-state index in [0.717, 1.165) is 0 Å². The maximum atomic E-state index is 2.41.